The zero-order chi connectivity index (χ0) is 12.1. The van der Waals surface area contributed by atoms with Crippen molar-refractivity contribution >= 4 is 15.9 Å². The van der Waals surface area contributed by atoms with Crippen LogP contribution in [0.25, 0.3) is 0 Å². The number of hydrogen-bond donors (Lipinski definition) is 1. The van der Waals surface area contributed by atoms with E-state index in [-0.39, 0.29) is 5.82 Å². The minimum absolute atomic E-state index is 0.214. The molecule has 94 valence electrons. The number of benzene rings is 1. The fourth-order valence-corrected chi connectivity index (χ4v) is 1.81. The summed E-state index contributed by atoms with van der Waals surface area (Å²) in [6, 6.07) is 5.18. The van der Waals surface area contributed by atoms with Gasteiger partial charge in [-0.05, 0) is 52.4 Å². The predicted molar refractivity (Wildman–Crippen MR) is 69.3 cm³/mol. The van der Waals surface area contributed by atoms with Gasteiger partial charge in [-0.1, -0.05) is 6.07 Å². The summed E-state index contributed by atoms with van der Waals surface area (Å²) in [5.41, 5.74) is 0.952. The van der Waals surface area contributed by atoms with E-state index in [1.54, 1.807) is 12.1 Å². The molecule has 0 heterocycles. The van der Waals surface area contributed by atoms with E-state index in [1.165, 1.54) is 12.8 Å². The van der Waals surface area contributed by atoms with Crippen molar-refractivity contribution in [2.75, 3.05) is 19.8 Å². The molecule has 0 spiro atoms. The third-order valence-corrected chi connectivity index (χ3v) is 3.43. The Bertz CT molecular complexity index is 368. The van der Waals surface area contributed by atoms with Crippen molar-refractivity contribution in [3.8, 4) is 0 Å². The van der Waals surface area contributed by atoms with Gasteiger partial charge in [0.25, 0.3) is 0 Å². The first-order valence-electron chi connectivity index (χ1n) is 5.98. The maximum Gasteiger partial charge on any atom is 0.137 e. The van der Waals surface area contributed by atoms with E-state index in [9.17, 15) is 4.39 Å². The lowest BCUT2D eigenvalue weighted by Crippen LogP contribution is -2.19. The second-order valence-electron chi connectivity index (χ2n) is 4.44. The van der Waals surface area contributed by atoms with Crippen molar-refractivity contribution in [2.45, 2.75) is 19.4 Å². The quantitative estimate of drug-likeness (QED) is 0.782. The standard InChI is InChI=1S/C13H17BrFNO/c14-12-4-3-11(7-13(12)15)8-16-5-6-17-9-10-1-2-10/h3-4,7,10,16H,1-2,5-6,8-9H2. The van der Waals surface area contributed by atoms with Crippen molar-refractivity contribution in [1.82, 2.24) is 5.32 Å². The first kappa shape index (κ1) is 13.0. The molecule has 1 fully saturated rings. The summed E-state index contributed by atoms with van der Waals surface area (Å²) in [6.07, 6.45) is 2.65. The molecule has 1 aromatic rings. The van der Waals surface area contributed by atoms with Crippen molar-refractivity contribution in [3.05, 3.63) is 34.1 Å². The Balaban J connectivity index is 1.58. The minimum Gasteiger partial charge on any atom is -0.380 e. The molecule has 2 rings (SSSR count). The maximum atomic E-state index is 13.2. The molecule has 0 aromatic heterocycles. The molecule has 0 unspecified atom stereocenters. The van der Waals surface area contributed by atoms with Crippen molar-refractivity contribution in [3.63, 3.8) is 0 Å². The van der Waals surface area contributed by atoms with E-state index in [2.05, 4.69) is 21.2 Å². The predicted octanol–water partition coefficient (Wildman–Crippen LogP) is 3.10. The Morgan fingerprint density at radius 2 is 2.24 bits per heavy atom. The average Bonchev–Trinajstić information content (AvgIpc) is 3.12. The van der Waals surface area contributed by atoms with Crippen LogP contribution in [0.15, 0.2) is 22.7 Å². The third-order valence-electron chi connectivity index (χ3n) is 2.79. The van der Waals surface area contributed by atoms with Crippen molar-refractivity contribution in [2.24, 2.45) is 5.92 Å². The van der Waals surface area contributed by atoms with E-state index in [0.29, 0.717) is 11.0 Å². The number of hydrogen-bond acceptors (Lipinski definition) is 2. The topological polar surface area (TPSA) is 21.3 Å². The molecule has 1 saturated carbocycles. The van der Waals surface area contributed by atoms with Gasteiger partial charge in [0, 0.05) is 19.7 Å². The first-order chi connectivity index (χ1) is 8.25. The summed E-state index contributed by atoms with van der Waals surface area (Å²) in [7, 11) is 0. The zero-order valence-corrected chi connectivity index (χ0v) is 11.3. The van der Waals surface area contributed by atoms with Gasteiger partial charge in [-0.15, -0.1) is 0 Å². The van der Waals surface area contributed by atoms with Gasteiger partial charge >= 0.3 is 0 Å². The molecule has 0 radical (unpaired) electrons. The molecule has 2 nitrogen and oxygen atoms in total. The Kier molecular flexibility index (Phi) is 4.95. The van der Waals surface area contributed by atoms with Crippen LogP contribution in [0.1, 0.15) is 18.4 Å². The smallest absolute Gasteiger partial charge is 0.137 e. The van der Waals surface area contributed by atoms with E-state index >= 15 is 0 Å². The molecule has 1 aromatic carbocycles. The van der Waals surface area contributed by atoms with Crippen molar-refractivity contribution < 1.29 is 9.13 Å². The van der Waals surface area contributed by atoms with Gasteiger partial charge in [0.15, 0.2) is 0 Å². The average molecular weight is 302 g/mol. The lowest BCUT2D eigenvalue weighted by molar-refractivity contribution is 0.126. The summed E-state index contributed by atoms with van der Waals surface area (Å²) < 4.78 is 19.2. The Hall–Kier alpha value is -0.450. The van der Waals surface area contributed by atoms with E-state index in [1.807, 2.05) is 6.07 Å². The second kappa shape index (κ2) is 6.47. The molecule has 4 heteroatoms. The fraction of sp³-hybridized carbons (Fsp3) is 0.538. The minimum atomic E-state index is -0.214. The van der Waals surface area contributed by atoms with Crippen LogP contribution in [0.4, 0.5) is 4.39 Å². The second-order valence-corrected chi connectivity index (χ2v) is 5.30. The van der Waals surface area contributed by atoms with Gasteiger partial charge < -0.3 is 10.1 Å². The van der Waals surface area contributed by atoms with Crippen LogP contribution < -0.4 is 5.32 Å². The summed E-state index contributed by atoms with van der Waals surface area (Å²) in [4.78, 5) is 0. The molecule has 0 amide bonds. The molecule has 0 atom stereocenters. The summed E-state index contributed by atoms with van der Waals surface area (Å²) in [6.45, 7) is 3.12. The van der Waals surface area contributed by atoms with Crippen LogP contribution in [-0.2, 0) is 11.3 Å². The molecule has 17 heavy (non-hydrogen) atoms. The van der Waals surface area contributed by atoms with Gasteiger partial charge in [0.1, 0.15) is 5.82 Å². The van der Waals surface area contributed by atoms with E-state index in [0.717, 1.165) is 31.2 Å². The molecule has 0 aliphatic heterocycles. The van der Waals surface area contributed by atoms with Crippen LogP contribution >= 0.6 is 15.9 Å². The zero-order valence-electron chi connectivity index (χ0n) is 9.72. The largest absolute Gasteiger partial charge is 0.380 e. The Morgan fingerprint density at radius 1 is 1.41 bits per heavy atom. The molecule has 0 bridgehead atoms. The van der Waals surface area contributed by atoms with Crippen LogP contribution in [0.5, 0.6) is 0 Å². The van der Waals surface area contributed by atoms with E-state index < -0.39 is 0 Å². The van der Waals surface area contributed by atoms with Gasteiger partial charge in [-0.25, -0.2) is 4.39 Å². The van der Waals surface area contributed by atoms with Gasteiger partial charge in [0.05, 0.1) is 11.1 Å². The molecule has 1 aliphatic rings. The van der Waals surface area contributed by atoms with Gasteiger partial charge in [0.2, 0.25) is 0 Å². The van der Waals surface area contributed by atoms with Crippen LogP contribution in [0.3, 0.4) is 0 Å². The van der Waals surface area contributed by atoms with Crippen molar-refractivity contribution in [1.29, 1.82) is 0 Å². The SMILES string of the molecule is Fc1cc(CNCCOCC2CC2)ccc1Br. The number of halogens is 2. The van der Waals surface area contributed by atoms with Gasteiger partial charge in [-0.3, -0.25) is 0 Å². The highest BCUT2D eigenvalue weighted by Gasteiger charge is 2.20. The molecule has 0 saturated heterocycles. The highest BCUT2D eigenvalue weighted by molar-refractivity contribution is 9.10. The number of rotatable bonds is 7. The fourth-order valence-electron chi connectivity index (χ4n) is 1.56. The van der Waals surface area contributed by atoms with Crippen LogP contribution in [-0.4, -0.2) is 19.8 Å². The van der Waals surface area contributed by atoms with Crippen LogP contribution in [0, 0.1) is 11.7 Å². The monoisotopic (exact) mass is 301 g/mol. The third kappa shape index (κ3) is 4.74. The maximum absolute atomic E-state index is 13.2. The first-order valence-corrected chi connectivity index (χ1v) is 6.77. The Labute approximate surface area is 110 Å². The number of ether oxygens (including phenoxy) is 1. The summed E-state index contributed by atoms with van der Waals surface area (Å²) >= 11 is 3.14. The van der Waals surface area contributed by atoms with Crippen LogP contribution in [0.2, 0.25) is 0 Å². The Morgan fingerprint density at radius 3 is 2.94 bits per heavy atom. The number of nitrogens with one attached hydrogen (secondary N) is 1. The molecular formula is C13H17BrFNO. The molecule has 1 aliphatic carbocycles. The molecular weight excluding hydrogens is 285 g/mol. The van der Waals surface area contributed by atoms with E-state index in [4.69, 9.17) is 4.74 Å². The summed E-state index contributed by atoms with van der Waals surface area (Å²) in [5.74, 6) is 0.602. The summed E-state index contributed by atoms with van der Waals surface area (Å²) in [5, 5.41) is 3.24. The molecule has 1 N–H and O–H groups in total. The highest BCUT2D eigenvalue weighted by atomic mass is 79.9. The normalized spacial score (nSPS) is 15.2. The lowest BCUT2D eigenvalue weighted by Gasteiger charge is -2.06. The van der Waals surface area contributed by atoms with Gasteiger partial charge in [-0.2, -0.15) is 0 Å². The highest BCUT2D eigenvalue weighted by Crippen LogP contribution is 2.28. The lowest BCUT2D eigenvalue weighted by atomic mass is 10.2.